The maximum atomic E-state index is 12.1. The molecule has 0 aliphatic rings. The van der Waals surface area contributed by atoms with Gasteiger partial charge in [-0.3, -0.25) is 4.79 Å². The number of rotatable bonds is 5. The van der Waals surface area contributed by atoms with Gasteiger partial charge in [0.2, 0.25) is 5.91 Å². The van der Waals surface area contributed by atoms with Crippen LogP contribution in [0.5, 0.6) is 0 Å². The van der Waals surface area contributed by atoms with Gasteiger partial charge in [-0.25, -0.2) is 0 Å². The van der Waals surface area contributed by atoms with Crippen molar-refractivity contribution in [2.75, 3.05) is 11.9 Å². The number of hydrogen-bond donors (Lipinski definition) is 2. The average molecular weight is 378 g/mol. The number of hydrogen-bond acceptors (Lipinski definition) is 2. The minimum absolute atomic E-state index is 0.0231. The highest BCUT2D eigenvalue weighted by molar-refractivity contribution is 9.11. The van der Waals surface area contributed by atoms with E-state index in [9.17, 15) is 4.79 Å². The van der Waals surface area contributed by atoms with E-state index in [0.29, 0.717) is 12.5 Å². The molecule has 0 bridgehead atoms. The molecule has 0 saturated carbocycles. The third kappa shape index (κ3) is 4.71. The molecule has 18 heavy (non-hydrogen) atoms. The van der Waals surface area contributed by atoms with E-state index in [1.54, 1.807) is 0 Å². The summed E-state index contributed by atoms with van der Waals surface area (Å²) in [6, 6.07) is 5.67. The van der Waals surface area contributed by atoms with Crippen molar-refractivity contribution in [3.8, 4) is 0 Å². The molecule has 5 heteroatoms. The van der Waals surface area contributed by atoms with Gasteiger partial charge in [-0.05, 0) is 46.5 Å². The van der Waals surface area contributed by atoms with Crippen LogP contribution >= 0.6 is 31.9 Å². The lowest BCUT2D eigenvalue weighted by atomic mass is 9.96. The molecule has 0 fully saturated rings. The first-order valence-corrected chi connectivity index (χ1v) is 7.48. The van der Waals surface area contributed by atoms with Crippen LogP contribution in [-0.2, 0) is 4.79 Å². The molecule has 100 valence electrons. The number of nitrogens with two attached hydrogens (primary N) is 1. The minimum Gasteiger partial charge on any atom is -0.330 e. The summed E-state index contributed by atoms with van der Waals surface area (Å²) in [6.07, 6.45) is 0.800. The predicted molar refractivity (Wildman–Crippen MR) is 82.5 cm³/mol. The van der Waals surface area contributed by atoms with Gasteiger partial charge in [-0.1, -0.05) is 29.8 Å². The SMILES string of the molecule is CC(C)CC(CN)C(=O)Nc1cc(Br)ccc1Br. The monoisotopic (exact) mass is 376 g/mol. The molecule has 0 heterocycles. The van der Waals surface area contributed by atoms with Gasteiger partial charge in [0.1, 0.15) is 0 Å². The average Bonchev–Trinajstić information content (AvgIpc) is 2.30. The Morgan fingerprint density at radius 3 is 2.61 bits per heavy atom. The van der Waals surface area contributed by atoms with Crippen molar-refractivity contribution in [1.29, 1.82) is 0 Å². The number of carbonyl (C=O) groups excluding carboxylic acids is 1. The summed E-state index contributed by atoms with van der Waals surface area (Å²) in [6.45, 7) is 4.55. The lowest BCUT2D eigenvalue weighted by Crippen LogP contribution is -2.30. The van der Waals surface area contributed by atoms with Crippen molar-refractivity contribution in [2.24, 2.45) is 17.6 Å². The van der Waals surface area contributed by atoms with Gasteiger partial charge in [0.05, 0.1) is 11.6 Å². The molecule has 1 atom stereocenters. The molecule has 0 radical (unpaired) electrons. The number of carbonyl (C=O) groups is 1. The van der Waals surface area contributed by atoms with Crippen molar-refractivity contribution in [1.82, 2.24) is 0 Å². The summed E-state index contributed by atoms with van der Waals surface area (Å²) in [5.74, 6) is 0.288. The second-order valence-corrected chi connectivity index (χ2v) is 6.45. The summed E-state index contributed by atoms with van der Waals surface area (Å²) >= 11 is 6.80. The standard InChI is InChI=1S/C13H18Br2N2O/c1-8(2)5-9(7-16)13(18)17-12-6-10(14)3-4-11(12)15/h3-4,6,8-9H,5,7,16H2,1-2H3,(H,17,18). The van der Waals surface area contributed by atoms with Crippen LogP contribution in [0.1, 0.15) is 20.3 Å². The molecule has 1 aromatic rings. The van der Waals surface area contributed by atoms with Crippen molar-refractivity contribution in [3.63, 3.8) is 0 Å². The van der Waals surface area contributed by atoms with Crippen molar-refractivity contribution in [3.05, 3.63) is 27.1 Å². The fourth-order valence-corrected chi connectivity index (χ4v) is 2.41. The highest BCUT2D eigenvalue weighted by atomic mass is 79.9. The molecule has 0 aliphatic heterocycles. The van der Waals surface area contributed by atoms with E-state index in [-0.39, 0.29) is 11.8 Å². The van der Waals surface area contributed by atoms with Gasteiger partial charge < -0.3 is 11.1 Å². The van der Waals surface area contributed by atoms with Gasteiger partial charge in [0.25, 0.3) is 0 Å². The molecule has 0 aromatic heterocycles. The first-order valence-electron chi connectivity index (χ1n) is 5.90. The molecule has 0 saturated heterocycles. The van der Waals surface area contributed by atoms with E-state index in [2.05, 4.69) is 51.0 Å². The first-order chi connectivity index (χ1) is 8.43. The summed E-state index contributed by atoms with van der Waals surface area (Å²) in [7, 11) is 0. The fraction of sp³-hybridized carbons (Fsp3) is 0.462. The zero-order valence-corrected chi connectivity index (χ0v) is 13.7. The van der Waals surface area contributed by atoms with Crippen LogP contribution in [0.2, 0.25) is 0 Å². The molecule has 3 nitrogen and oxygen atoms in total. The quantitative estimate of drug-likeness (QED) is 0.820. The lowest BCUT2D eigenvalue weighted by molar-refractivity contribution is -0.120. The van der Waals surface area contributed by atoms with Crippen LogP contribution in [0.15, 0.2) is 27.1 Å². The third-order valence-corrected chi connectivity index (χ3v) is 3.78. The largest absolute Gasteiger partial charge is 0.330 e. The van der Waals surface area contributed by atoms with E-state index in [1.807, 2.05) is 18.2 Å². The smallest absolute Gasteiger partial charge is 0.228 e. The van der Waals surface area contributed by atoms with E-state index in [1.165, 1.54) is 0 Å². The molecule has 1 unspecified atom stereocenters. The van der Waals surface area contributed by atoms with E-state index in [0.717, 1.165) is 21.1 Å². The van der Waals surface area contributed by atoms with Crippen LogP contribution in [0.3, 0.4) is 0 Å². The Hall–Kier alpha value is -0.390. The third-order valence-electron chi connectivity index (χ3n) is 2.60. The Morgan fingerprint density at radius 1 is 1.39 bits per heavy atom. The van der Waals surface area contributed by atoms with Crippen LogP contribution in [0.25, 0.3) is 0 Å². The van der Waals surface area contributed by atoms with Gasteiger partial charge in [-0.2, -0.15) is 0 Å². The first kappa shape index (κ1) is 15.7. The van der Waals surface area contributed by atoms with E-state index in [4.69, 9.17) is 5.73 Å². The Bertz CT molecular complexity index is 421. The van der Waals surface area contributed by atoms with Crippen LogP contribution in [0, 0.1) is 11.8 Å². The lowest BCUT2D eigenvalue weighted by Gasteiger charge is -2.17. The second-order valence-electron chi connectivity index (χ2n) is 4.68. The topological polar surface area (TPSA) is 55.1 Å². The highest BCUT2D eigenvalue weighted by Crippen LogP contribution is 2.27. The maximum absolute atomic E-state index is 12.1. The molecule has 1 aromatic carbocycles. The Balaban J connectivity index is 2.76. The minimum atomic E-state index is -0.143. The van der Waals surface area contributed by atoms with Crippen LogP contribution < -0.4 is 11.1 Å². The molecule has 0 aliphatic carbocycles. The summed E-state index contributed by atoms with van der Waals surface area (Å²) < 4.78 is 1.79. The zero-order valence-electron chi connectivity index (χ0n) is 10.5. The Morgan fingerprint density at radius 2 is 2.06 bits per heavy atom. The van der Waals surface area contributed by atoms with Crippen molar-refractivity contribution >= 4 is 43.5 Å². The second kappa shape index (κ2) is 7.26. The van der Waals surface area contributed by atoms with Gasteiger partial charge in [0, 0.05) is 15.5 Å². The molecule has 3 N–H and O–H groups in total. The highest BCUT2D eigenvalue weighted by Gasteiger charge is 2.19. The number of benzene rings is 1. The van der Waals surface area contributed by atoms with Gasteiger partial charge in [-0.15, -0.1) is 0 Å². The predicted octanol–water partition coefficient (Wildman–Crippen LogP) is 3.77. The van der Waals surface area contributed by atoms with Crippen LogP contribution in [-0.4, -0.2) is 12.5 Å². The van der Waals surface area contributed by atoms with E-state index >= 15 is 0 Å². The molecule has 0 spiro atoms. The van der Waals surface area contributed by atoms with Gasteiger partial charge >= 0.3 is 0 Å². The fourth-order valence-electron chi connectivity index (χ4n) is 1.71. The summed E-state index contributed by atoms with van der Waals surface area (Å²) in [5, 5.41) is 2.91. The molecular formula is C13H18Br2N2O. The Labute approximate surface area is 125 Å². The summed E-state index contributed by atoms with van der Waals surface area (Å²) in [5.41, 5.74) is 6.42. The number of nitrogens with one attached hydrogen (secondary N) is 1. The van der Waals surface area contributed by atoms with Crippen molar-refractivity contribution < 1.29 is 4.79 Å². The number of amides is 1. The van der Waals surface area contributed by atoms with Crippen LogP contribution in [0.4, 0.5) is 5.69 Å². The molecule has 1 amide bonds. The van der Waals surface area contributed by atoms with E-state index < -0.39 is 0 Å². The maximum Gasteiger partial charge on any atom is 0.228 e. The summed E-state index contributed by atoms with van der Waals surface area (Å²) in [4.78, 5) is 12.1. The number of halogens is 2. The number of anilines is 1. The normalized spacial score (nSPS) is 12.6. The molecular weight excluding hydrogens is 360 g/mol. The Kier molecular flexibility index (Phi) is 6.32. The zero-order chi connectivity index (χ0) is 13.7. The molecule has 1 rings (SSSR count). The van der Waals surface area contributed by atoms with Gasteiger partial charge in [0.15, 0.2) is 0 Å². The van der Waals surface area contributed by atoms with Crippen molar-refractivity contribution in [2.45, 2.75) is 20.3 Å².